The summed E-state index contributed by atoms with van der Waals surface area (Å²) in [5, 5.41) is 23.1. The van der Waals surface area contributed by atoms with Crippen molar-refractivity contribution in [3.63, 3.8) is 0 Å². The van der Waals surface area contributed by atoms with E-state index < -0.39 is 4.92 Å². The van der Waals surface area contributed by atoms with E-state index in [1.54, 1.807) is 6.07 Å². The zero-order chi connectivity index (χ0) is 15.4. The van der Waals surface area contributed by atoms with Gasteiger partial charge in [0, 0.05) is 17.4 Å². The number of hydrogen-bond donors (Lipinski definition) is 1. The SMILES string of the molecule is CC(C)c1ccccc1Nc1ccc(C#N)c([N+](=O)[O-])c1. The lowest BCUT2D eigenvalue weighted by atomic mass is 10.0. The van der Waals surface area contributed by atoms with Crippen molar-refractivity contribution in [2.45, 2.75) is 19.8 Å². The van der Waals surface area contributed by atoms with Crippen LogP contribution in [0.3, 0.4) is 0 Å². The molecule has 5 heteroatoms. The Labute approximate surface area is 123 Å². The van der Waals surface area contributed by atoms with E-state index in [0.29, 0.717) is 11.6 Å². The number of para-hydroxylation sites is 1. The van der Waals surface area contributed by atoms with E-state index in [4.69, 9.17) is 5.26 Å². The Morgan fingerprint density at radius 1 is 1.24 bits per heavy atom. The Kier molecular flexibility index (Phi) is 4.19. The summed E-state index contributed by atoms with van der Waals surface area (Å²) in [6.45, 7) is 4.17. The van der Waals surface area contributed by atoms with Crippen LogP contribution in [0.2, 0.25) is 0 Å². The van der Waals surface area contributed by atoms with Crippen molar-refractivity contribution < 1.29 is 4.92 Å². The van der Waals surface area contributed by atoms with Gasteiger partial charge in [-0.05, 0) is 29.7 Å². The number of anilines is 2. The van der Waals surface area contributed by atoms with Crippen LogP contribution in [0.15, 0.2) is 42.5 Å². The third kappa shape index (κ3) is 3.18. The van der Waals surface area contributed by atoms with Gasteiger partial charge in [0.05, 0.1) is 4.92 Å². The van der Waals surface area contributed by atoms with Gasteiger partial charge in [0.2, 0.25) is 0 Å². The topological polar surface area (TPSA) is 79.0 Å². The summed E-state index contributed by atoms with van der Waals surface area (Å²) >= 11 is 0. The molecule has 2 aromatic rings. The van der Waals surface area contributed by atoms with Gasteiger partial charge in [-0.1, -0.05) is 32.0 Å². The van der Waals surface area contributed by atoms with E-state index in [1.807, 2.05) is 30.3 Å². The molecule has 2 rings (SSSR count). The minimum absolute atomic E-state index is 0.0581. The Hall–Kier alpha value is -2.87. The summed E-state index contributed by atoms with van der Waals surface area (Å²) in [6, 6.07) is 14.2. The number of rotatable bonds is 4. The normalized spacial score (nSPS) is 10.2. The van der Waals surface area contributed by atoms with Crippen LogP contribution in [0, 0.1) is 21.4 Å². The van der Waals surface area contributed by atoms with Crippen LogP contribution in [0.1, 0.15) is 30.9 Å². The summed E-state index contributed by atoms with van der Waals surface area (Å²) in [6.07, 6.45) is 0. The molecule has 0 amide bonds. The van der Waals surface area contributed by atoms with Gasteiger partial charge in [-0.2, -0.15) is 5.26 Å². The van der Waals surface area contributed by atoms with Gasteiger partial charge in [0.15, 0.2) is 0 Å². The second-order valence-electron chi connectivity index (χ2n) is 4.97. The standard InChI is InChI=1S/C16H15N3O2/c1-11(2)14-5-3-4-6-15(14)18-13-8-7-12(10-17)16(9-13)19(20)21/h3-9,11,18H,1-2H3. The highest BCUT2D eigenvalue weighted by Crippen LogP contribution is 2.29. The molecule has 5 nitrogen and oxygen atoms in total. The molecule has 21 heavy (non-hydrogen) atoms. The van der Waals surface area contributed by atoms with Crippen molar-refractivity contribution in [3.8, 4) is 6.07 Å². The van der Waals surface area contributed by atoms with Crippen LogP contribution >= 0.6 is 0 Å². The van der Waals surface area contributed by atoms with E-state index in [9.17, 15) is 10.1 Å². The Bertz CT molecular complexity index is 718. The fraction of sp³-hybridized carbons (Fsp3) is 0.188. The summed E-state index contributed by atoms with van der Waals surface area (Å²) in [7, 11) is 0. The molecule has 0 fully saturated rings. The number of nitriles is 1. The van der Waals surface area contributed by atoms with Crippen LogP contribution in [0.5, 0.6) is 0 Å². The number of nitrogens with zero attached hydrogens (tertiary/aromatic N) is 2. The minimum Gasteiger partial charge on any atom is -0.355 e. The van der Waals surface area contributed by atoms with Crippen LogP contribution < -0.4 is 5.32 Å². The van der Waals surface area contributed by atoms with Crippen molar-refractivity contribution in [1.82, 2.24) is 0 Å². The second kappa shape index (κ2) is 6.06. The second-order valence-corrected chi connectivity index (χ2v) is 4.97. The molecule has 0 saturated heterocycles. The number of nitro groups is 1. The maximum absolute atomic E-state index is 11.0. The third-order valence-corrected chi connectivity index (χ3v) is 3.18. The first-order valence-corrected chi connectivity index (χ1v) is 6.57. The molecule has 0 heterocycles. The van der Waals surface area contributed by atoms with Gasteiger partial charge in [-0.25, -0.2) is 0 Å². The maximum Gasteiger partial charge on any atom is 0.289 e. The Balaban J connectivity index is 2.39. The molecular formula is C16H15N3O2. The van der Waals surface area contributed by atoms with Crippen LogP contribution in [-0.4, -0.2) is 4.92 Å². The monoisotopic (exact) mass is 281 g/mol. The lowest BCUT2D eigenvalue weighted by Gasteiger charge is -2.14. The lowest BCUT2D eigenvalue weighted by Crippen LogP contribution is -1.99. The smallest absolute Gasteiger partial charge is 0.289 e. The van der Waals surface area contributed by atoms with E-state index in [0.717, 1.165) is 11.3 Å². The number of benzene rings is 2. The molecule has 0 atom stereocenters. The van der Waals surface area contributed by atoms with Crippen molar-refractivity contribution >= 4 is 17.1 Å². The summed E-state index contributed by atoms with van der Waals surface area (Å²) in [5.74, 6) is 0.335. The van der Waals surface area contributed by atoms with Crippen LogP contribution in [0.25, 0.3) is 0 Å². The van der Waals surface area contributed by atoms with Crippen molar-refractivity contribution in [2.24, 2.45) is 0 Å². The number of nitro benzene ring substituents is 1. The molecule has 0 spiro atoms. The van der Waals surface area contributed by atoms with Gasteiger partial charge in [-0.3, -0.25) is 10.1 Å². The van der Waals surface area contributed by atoms with Gasteiger partial charge in [0.1, 0.15) is 11.6 Å². The van der Waals surface area contributed by atoms with Crippen molar-refractivity contribution in [2.75, 3.05) is 5.32 Å². The average Bonchev–Trinajstić information content (AvgIpc) is 2.47. The number of nitrogens with one attached hydrogen (secondary N) is 1. The molecule has 106 valence electrons. The Morgan fingerprint density at radius 2 is 1.95 bits per heavy atom. The molecule has 0 aromatic heterocycles. The van der Waals surface area contributed by atoms with Crippen LogP contribution in [0.4, 0.5) is 17.1 Å². The molecule has 0 unspecified atom stereocenters. The molecule has 2 aromatic carbocycles. The fourth-order valence-electron chi connectivity index (χ4n) is 2.12. The molecule has 0 aliphatic heterocycles. The fourth-order valence-corrected chi connectivity index (χ4v) is 2.12. The van der Waals surface area contributed by atoms with Gasteiger partial charge in [-0.15, -0.1) is 0 Å². The predicted molar refractivity (Wildman–Crippen MR) is 81.6 cm³/mol. The largest absolute Gasteiger partial charge is 0.355 e. The lowest BCUT2D eigenvalue weighted by molar-refractivity contribution is -0.385. The van der Waals surface area contributed by atoms with Crippen molar-refractivity contribution in [3.05, 3.63) is 63.7 Å². The summed E-state index contributed by atoms with van der Waals surface area (Å²) in [4.78, 5) is 10.4. The highest BCUT2D eigenvalue weighted by atomic mass is 16.6. The molecular weight excluding hydrogens is 266 g/mol. The minimum atomic E-state index is -0.544. The van der Waals surface area contributed by atoms with E-state index in [2.05, 4.69) is 19.2 Å². The van der Waals surface area contributed by atoms with Crippen LogP contribution in [-0.2, 0) is 0 Å². The first kappa shape index (κ1) is 14.5. The molecule has 0 saturated carbocycles. The highest BCUT2D eigenvalue weighted by molar-refractivity contribution is 5.68. The van der Waals surface area contributed by atoms with Gasteiger partial charge in [0.25, 0.3) is 5.69 Å². The molecule has 0 bridgehead atoms. The highest BCUT2D eigenvalue weighted by Gasteiger charge is 2.15. The van der Waals surface area contributed by atoms with E-state index >= 15 is 0 Å². The molecule has 0 radical (unpaired) electrons. The quantitative estimate of drug-likeness (QED) is 0.668. The third-order valence-electron chi connectivity index (χ3n) is 3.18. The Morgan fingerprint density at radius 3 is 2.57 bits per heavy atom. The molecule has 0 aliphatic carbocycles. The van der Waals surface area contributed by atoms with E-state index in [1.165, 1.54) is 12.1 Å². The summed E-state index contributed by atoms with van der Waals surface area (Å²) < 4.78 is 0. The predicted octanol–water partition coefficient (Wildman–Crippen LogP) is 4.33. The first-order chi connectivity index (χ1) is 10.0. The summed E-state index contributed by atoms with van der Waals surface area (Å²) in [5.41, 5.74) is 2.50. The zero-order valence-corrected chi connectivity index (χ0v) is 11.8. The van der Waals surface area contributed by atoms with Crippen molar-refractivity contribution in [1.29, 1.82) is 5.26 Å². The molecule has 1 N–H and O–H groups in total. The number of hydrogen-bond acceptors (Lipinski definition) is 4. The molecule has 0 aliphatic rings. The van der Waals surface area contributed by atoms with Gasteiger partial charge >= 0.3 is 0 Å². The first-order valence-electron chi connectivity index (χ1n) is 6.57. The van der Waals surface area contributed by atoms with Gasteiger partial charge < -0.3 is 5.32 Å². The van der Waals surface area contributed by atoms with E-state index in [-0.39, 0.29) is 11.3 Å². The maximum atomic E-state index is 11.0. The zero-order valence-electron chi connectivity index (χ0n) is 11.8. The average molecular weight is 281 g/mol.